The standard InChI is InChI=1S/C19H24N6O2.ClH/c1-19(2)24-17(21)23-18(22)25(19)13-6-5-7-14(12-13)26-10-11-27-16-9-4-3-8-15(16)20;/h3-9,12H,10-11,20H2,1-2H3,(H4,21,22,23,24);1H. The number of rotatable bonds is 6. The number of hydrogen-bond acceptors (Lipinski definition) is 8. The minimum atomic E-state index is -0.650. The number of anilines is 2. The summed E-state index contributed by atoms with van der Waals surface area (Å²) >= 11 is 0. The van der Waals surface area contributed by atoms with Crippen LogP contribution in [-0.2, 0) is 0 Å². The third-order valence-corrected chi connectivity index (χ3v) is 4.00. The lowest BCUT2D eigenvalue weighted by Crippen LogP contribution is -2.54. The Labute approximate surface area is 170 Å². The molecule has 0 saturated heterocycles. The van der Waals surface area contributed by atoms with Gasteiger partial charge in [-0.3, -0.25) is 4.90 Å². The highest BCUT2D eigenvalue weighted by atomic mass is 35.5. The molecule has 2 aromatic carbocycles. The summed E-state index contributed by atoms with van der Waals surface area (Å²) in [4.78, 5) is 10.2. The monoisotopic (exact) mass is 404 g/mol. The van der Waals surface area contributed by atoms with E-state index >= 15 is 0 Å². The van der Waals surface area contributed by atoms with Gasteiger partial charge in [0, 0.05) is 11.8 Å². The van der Waals surface area contributed by atoms with Crippen LogP contribution in [0.25, 0.3) is 0 Å². The van der Waals surface area contributed by atoms with E-state index in [1.54, 1.807) is 11.0 Å². The summed E-state index contributed by atoms with van der Waals surface area (Å²) in [7, 11) is 0. The molecule has 9 heteroatoms. The Balaban J connectivity index is 0.00000280. The maximum atomic E-state index is 6.07. The predicted molar refractivity (Wildman–Crippen MR) is 115 cm³/mol. The highest BCUT2D eigenvalue weighted by Gasteiger charge is 2.33. The average molecular weight is 405 g/mol. The van der Waals surface area contributed by atoms with Gasteiger partial charge in [-0.2, -0.15) is 4.99 Å². The van der Waals surface area contributed by atoms with Crippen LogP contribution in [0.2, 0.25) is 0 Å². The van der Waals surface area contributed by atoms with Crippen LogP contribution in [0.4, 0.5) is 11.4 Å². The molecule has 1 aliphatic heterocycles. The van der Waals surface area contributed by atoms with E-state index in [1.165, 1.54) is 0 Å². The zero-order chi connectivity index (χ0) is 19.4. The summed E-state index contributed by atoms with van der Waals surface area (Å²) in [6.07, 6.45) is 0. The normalized spacial score (nSPS) is 15.1. The van der Waals surface area contributed by atoms with Gasteiger partial charge in [-0.1, -0.05) is 18.2 Å². The highest BCUT2D eigenvalue weighted by molar-refractivity contribution is 6.05. The molecule has 0 spiro atoms. The molecule has 0 fully saturated rings. The van der Waals surface area contributed by atoms with Gasteiger partial charge in [0.25, 0.3) is 0 Å². The van der Waals surface area contributed by atoms with Gasteiger partial charge in [-0.05, 0) is 38.1 Å². The Morgan fingerprint density at radius 1 is 0.964 bits per heavy atom. The molecular weight excluding hydrogens is 380 g/mol. The fourth-order valence-electron chi connectivity index (χ4n) is 2.89. The molecule has 3 rings (SSSR count). The van der Waals surface area contributed by atoms with Crippen LogP contribution in [0, 0.1) is 0 Å². The minimum absolute atomic E-state index is 0. The largest absolute Gasteiger partial charge is 0.490 e. The van der Waals surface area contributed by atoms with Gasteiger partial charge < -0.3 is 26.7 Å². The van der Waals surface area contributed by atoms with Crippen LogP contribution in [0.15, 0.2) is 58.5 Å². The molecule has 2 aromatic rings. The third-order valence-electron chi connectivity index (χ3n) is 4.00. The first-order chi connectivity index (χ1) is 12.9. The molecule has 0 bridgehead atoms. The van der Waals surface area contributed by atoms with Crippen LogP contribution in [-0.4, -0.2) is 30.8 Å². The van der Waals surface area contributed by atoms with Crippen LogP contribution >= 0.6 is 12.4 Å². The van der Waals surface area contributed by atoms with Crippen molar-refractivity contribution in [1.82, 2.24) is 0 Å². The molecule has 150 valence electrons. The van der Waals surface area contributed by atoms with Crippen molar-refractivity contribution in [2.24, 2.45) is 21.5 Å². The summed E-state index contributed by atoms with van der Waals surface area (Å²) in [5.41, 5.74) is 18.4. The number of ether oxygens (including phenoxy) is 2. The number of benzene rings is 2. The maximum Gasteiger partial charge on any atom is 0.220 e. The van der Waals surface area contributed by atoms with Gasteiger partial charge >= 0.3 is 0 Å². The SMILES string of the molecule is CC1(C)N=C(N)N=C(N)N1c1cccc(OCCOc2ccccc2N)c1.Cl. The summed E-state index contributed by atoms with van der Waals surface area (Å²) in [6.45, 7) is 4.56. The lowest BCUT2D eigenvalue weighted by Gasteiger charge is -2.38. The second-order valence-electron chi connectivity index (χ2n) is 6.50. The van der Waals surface area contributed by atoms with Crippen molar-refractivity contribution in [3.05, 3.63) is 48.5 Å². The molecule has 28 heavy (non-hydrogen) atoms. The Hall–Kier alpha value is -3.13. The zero-order valence-corrected chi connectivity index (χ0v) is 16.6. The second kappa shape index (κ2) is 8.71. The smallest absolute Gasteiger partial charge is 0.220 e. The molecule has 0 aromatic heterocycles. The van der Waals surface area contributed by atoms with Crippen molar-refractivity contribution in [2.75, 3.05) is 23.8 Å². The Kier molecular flexibility index (Phi) is 6.58. The van der Waals surface area contributed by atoms with E-state index in [4.69, 9.17) is 26.7 Å². The summed E-state index contributed by atoms with van der Waals surface area (Å²) in [6, 6.07) is 14.9. The topological polar surface area (TPSA) is 124 Å². The van der Waals surface area contributed by atoms with Crippen molar-refractivity contribution in [1.29, 1.82) is 0 Å². The molecule has 0 saturated carbocycles. The Morgan fingerprint density at radius 3 is 2.39 bits per heavy atom. The first kappa shape index (κ1) is 21.2. The van der Waals surface area contributed by atoms with Crippen LogP contribution in [0.1, 0.15) is 13.8 Å². The lowest BCUT2D eigenvalue weighted by molar-refractivity contribution is 0.218. The third kappa shape index (κ3) is 4.77. The van der Waals surface area contributed by atoms with E-state index in [2.05, 4.69) is 9.98 Å². The number of nitrogen functional groups attached to an aromatic ring is 1. The van der Waals surface area contributed by atoms with E-state index < -0.39 is 5.66 Å². The van der Waals surface area contributed by atoms with Crippen molar-refractivity contribution < 1.29 is 9.47 Å². The average Bonchev–Trinajstić information content (AvgIpc) is 2.59. The van der Waals surface area contributed by atoms with E-state index in [0.717, 1.165) is 5.69 Å². The fourth-order valence-corrected chi connectivity index (χ4v) is 2.89. The fraction of sp³-hybridized carbons (Fsp3) is 0.263. The summed E-state index contributed by atoms with van der Waals surface area (Å²) in [5.74, 6) is 1.78. The van der Waals surface area contributed by atoms with Gasteiger partial charge in [0.1, 0.15) is 30.4 Å². The molecule has 0 radical (unpaired) electrons. The molecule has 0 aliphatic carbocycles. The van der Waals surface area contributed by atoms with E-state index in [9.17, 15) is 0 Å². The van der Waals surface area contributed by atoms with E-state index in [0.29, 0.717) is 30.4 Å². The zero-order valence-electron chi connectivity index (χ0n) is 15.8. The number of nitrogens with zero attached hydrogens (tertiary/aromatic N) is 3. The van der Waals surface area contributed by atoms with Crippen molar-refractivity contribution in [3.63, 3.8) is 0 Å². The number of aliphatic imine (C=N–C) groups is 2. The predicted octanol–water partition coefficient (Wildman–Crippen LogP) is 2.33. The van der Waals surface area contributed by atoms with Gasteiger partial charge in [-0.15, -0.1) is 12.4 Å². The molecule has 0 unspecified atom stereocenters. The summed E-state index contributed by atoms with van der Waals surface area (Å²) < 4.78 is 11.4. The number of hydrogen-bond donors (Lipinski definition) is 3. The molecule has 1 aliphatic rings. The quantitative estimate of drug-likeness (QED) is 0.501. The number of halogens is 1. The second-order valence-corrected chi connectivity index (χ2v) is 6.50. The maximum absolute atomic E-state index is 6.07. The number of nitrogens with two attached hydrogens (primary N) is 3. The number of guanidine groups is 2. The van der Waals surface area contributed by atoms with Crippen LogP contribution in [0.3, 0.4) is 0 Å². The Bertz CT molecular complexity index is 884. The first-order valence-corrected chi connectivity index (χ1v) is 8.57. The molecule has 0 amide bonds. The van der Waals surface area contributed by atoms with Crippen molar-refractivity contribution in [3.8, 4) is 11.5 Å². The Morgan fingerprint density at radius 2 is 1.68 bits per heavy atom. The summed E-state index contributed by atoms with van der Waals surface area (Å²) in [5, 5.41) is 0. The highest BCUT2D eigenvalue weighted by Crippen LogP contribution is 2.30. The molecule has 8 nitrogen and oxygen atoms in total. The van der Waals surface area contributed by atoms with E-state index in [1.807, 2.05) is 56.3 Å². The minimum Gasteiger partial charge on any atom is -0.490 e. The molecule has 0 atom stereocenters. The first-order valence-electron chi connectivity index (χ1n) is 8.57. The van der Waals surface area contributed by atoms with Crippen molar-refractivity contribution >= 4 is 35.7 Å². The van der Waals surface area contributed by atoms with Crippen LogP contribution < -0.4 is 31.6 Å². The van der Waals surface area contributed by atoms with Crippen molar-refractivity contribution in [2.45, 2.75) is 19.5 Å². The number of para-hydroxylation sites is 2. The van der Waals surface area contributed by atoms with Crippen LogP contribution in [0.5, 0.6) is 11.5 Å². The van der Waals surface area contributed by atoms with Gasteiger partial charge in [-0.25, -0.2) is 4.99 Å². The lowest BCUT2D eigenvalue weighted by atomic mass is 10.1. The van der Waals surface area contributed by atoms with E-state index in [-0.39, 0.29) is 24.3 Å². The molecule has 6 N–H and O–H groups in total. The molecule has 1 heterocycles. The molecular formula is C19H25ClN6O2. The van der Waals surface area contributed by atoms with Gasteiger partial charge in [0.2, 0.25) is 11.9 Å². The van der Waals surface area contributed by atoms with Gasteiger partial charge in [0.05, 0.1) is 5.69 Å². The van der Waals surface area contributed by atoms with Gasteiger partial charge in [0.15, 0.2) is 0 Å².